The number of hydrogen-bond acceptors (Lipinski definition) is 7. The van der Waals surface area contributed by atoms with Gasteiger partial charge in [-0.3, -0.25) is 9.59 Å². The van der Waals surface area contributed by atoms with Gasteiger partial charge in [0.05, 0.1) is 25.5 Å². The number of carbonyl (C=O) groups is 2. The fourth-order valence-electron chi connectivity index (χ4n) is 4.00. The molecule has 0 bridgehead atoms. The first-order valence-electron chi connectivity index (χ1n) is 9.92. The number of likely N-dealkylation sites (tertiary alicyclic amines) is 1. The molecule has 1 aromatic heterocycles. The molecule has 2 aromatic carbocycles. The van der Waals surface area contributed by atoms with Crippen molar-refractivity contribution in [3.8, 4) is 17.2 Å². The number of furan rings is 1. The Morgan fingerprint density at radius 3 is 2.69 bits per heavy atom. The van der Waals surface area contributed by atoms with Crippen LogP contribution in [0.5, 0.6) is 17.2 Å². The third-order valence-corrected chi connectivity index (χ3v) is 5.53. The lowest BCUT2D eigenvalue weighted by atomic mass is 9.99. The second kappa shape index (κ2) is 7.81. The first-order valence-corrected chi connectivity index (χ1v) is 9.92. The maximum Gasteiger partial charge on any atom is 0.296 e. The summed E-state index contributed by atoms with van der Waals surface area (Å²) in [5.41, 5.74) is 0.997. The van der Waals surface area contributed by atoms with Crippen molar-refractivity contribution in [2.45, 2.75) is 12.6 Å². The molecule has 0 radical (unpaired) electrons. The van der Waals surface area contributed by atoms with E-state index < -0.39 is 17.7 Å². The van der Waals surface area contributed by atoms with E-state index in [2.05, 4.69) is 0 Å². The first kappa shape index (κ1) is 19.7. The Bertz CT molecular complexity index is 1230. The standard InChI is InChI=1S/C24H19NO7/c1-29-16-6-3-2-5-15(16)12-25-21(18-7-4-10-30-18)20(23(27)24(25)28)22(26)14-8-9-17-19(11-14)32-13-31-17/h2-11,21,26H,12-13H2,1H3/b22-20-. The lowest BCUT2D eigenvalue weighted by molar-refractivity contribution is -0.140. The fourth-order valence-corrected chi connectivity index (χ4v) is 4.00. The number of ether oxygens (including phenoxy) is 3. The van der Waals surface area contributed by atoms with Crippen molar-refractivity contribution in [1.29, 1.82) is 0 Å². The first-order chi connectivity index (χ1) is 15.6. The van der Waals surface area contributed by atoms with Crippen molar-refractivity contribution in [2.75, 3.05) is 13.9 Å². The Morgan fingerprint density at radius 1 is 1.09 bits per heavy atom. The molecular weight excluding hydrogens is 414 g/mol. The summed E-state index contributed by atoms with van der Waals surface area (Å²) in [5.74, 6) is 0.0963. The van der Waals surface area contributed by atoms with Crippen molar-refractivity contribution < 1.29 is 33.3 Å². The van der Waals surface area contributed by atoms with Gasteiger partial charge in [-0.05, 0) is 36.4 Å². The van der Waals surface area contributed by atoms with E-state index in [1.807, 2.05) is 18.2 Å². The van der Waals surface area contributed by atoms with E-state index in [1.54, 1.807) is 36.4 Å². The van der Waals surface area contributed by atoms with Crippen LogP contribution in [0.15, 0.2) is 70.9 Å². The molecule has 32 heavy (non-hydrogen) atoms. The molecule has 1 amide bonds. The zero-order valence-corrected chi connectivity index (χ0v) is 17.1. The second-order valence-corrected chi connectivity index (χ2v) is 7.32. The highest BCUT2D eigenvalue weighted by Gasteiger charge is 2.47. The van der Waals surface area contributed by atoms with Crippen LogP contribution in [0.2, 0.25) is 0 Å². The van der Waals surface area contributed by atoms with E-state index in [1.165, 1.54) is 18.3 Å². The second-order valence-electron chi connectivity index (χ2n) is 7.32. The minimum absolute atomic E-state index is 0.0567. The van der Waals surface area contributed by atoms with E-state index in [4.69, 9.17) is 18.6 Å². The summed E-state index contributed by atoms with van der Waals surface area (Å²) in [7, 11) is 1.54. The van der Waals surface area contributed by atoms with Gasteiger partial charge in [0.2, 0.25) is 6.79 Å². The maximum atomic E-state index is 13.1. The topological polar surface area (TPSA) is 98.4 Å². The molecule has 2 aliphatic rings. The monoisotopic (exact) mass is 433 g/mol. The van der Waals surface area contributed by atoms with Gasteiger partial charge < -0.3 is 28.6 Å². The molecule has 0 aliphatic carbocycles. The van der Waals surface area contributed by atoms with Crippen LogP contribution in [0.25, 0.3) is 5.76 Å². The summed E-state index contributed by atoms with van der Waals surface area (Å²) in [6.07, 6.45) is 1.46. The molecule has 1 saturated heterocycles. The Kier molecular flexibility index (Phi) is 4.82. The van der Waals surface area contributed by atoms with Gasteiger partial charge in [0.15, 0.2) is 11.5 Å². The number of aliphatic hydroxyl groups is 1. The van der Waals surface area contributed by atoms with Gasteiger partial charge in [-0.25, -0.2) is 0 Å². The SMILES string of the molecule is COc1ccccc1CN1C(=O)C(=O)/C(=C(\O)c2ccc3c(c2)OCO3)C1c1ccco1. The van der Waals surface area contributed by atoms with Crippen LogP contribution in [0, 0.1) is 0 Å². The molecule has 8 nitrogen and oxygen atoms in total. The summed E-state index contributed by atoms with van der Waals surface area (Å²) in [6.45, 7) is 0.174. The minimum atomic E-state index is -0.902. The van der Waals surface area contributed by atoms with Crippen LogP contribution in [0.1, 0.15) is 22.9 Å². The predicted octanol–water partition coefficient (Wildman–Crippen LogP) is 3.64. The Morgan fingerprint density at radius 2 is 1.91 bits per heavy atom. The number of amides is 1. The highest BCUT2D eigenvalue weighted by atomic mass is 16.7. The van der Waals surface area contributed by atoms with Crippen molar-refractivity contribution in [1.82, 2.24) is 4.90 Å². The van der Waals surface area contributed by atoms with E-state index >= 15 is 0 Å². The summed E-state index contributed by atoms with van der Waals surface area (Å²) < 4.78 is 21.6. The molecule has 0 saturated carbocycles. The van der Waals surface area contributed by atoms with E-state index in [0.717, 1.165) is 5.56 Å². The number of methoxy groups -OCH3 is 1. The molecule has 1 atom stereocenters. The summed E-state index contributed by atoms with van der Waals surface area (Å²) >= 11 is 0. The highest BCUT2D eigenvalue weighted by molar-refractivity contribution is 6.46. The fraction of sp³-hybridized carbons (Fsp3) is 0.167. The van der Waals surface area contributed by atoms with Gasteiger partial charge >= 0.3 is 0 Å². The third kappa shape index (κ3) is 3.17. The molecule has 3 aromatic rings. The largest absolute Gasteiger partial charge is 0.507 e. The summed E-state index contributed by atoms with van der Waals surface area (Å²) in [6, 6.07) is 14.5. The molecule has 1 N–H and O–H groups in total. The van der Waals surface area contributed by atoms with Gasteiger partial charge in [-0.2, -0.15) is 0 Å². The van der Waals surface area contributed by atoms with Gasteiger partial charge in [0.25, 0.3) is 11.7 Å². The quantitative estimate of drug-likeness (QED) is 0.373. The van der Waals surface area contributed by atoms with E-state index in [0.29, 0.717) is 28.6 Å². The van der Waals surface area contributed by atoms with Crippen LogP contribution in [0.3, 0.4) is 0 Å². The molecule has 1 unspecified atom stereocenters. The molecule has 8 heteroatoms. The maximum absolute atomic E-state index is 13.1. The number of hydrogen-bond donors (Lipinski definition) is 1. The minimum Gasteiger partial charge on any atom is -0.507 e. The number of Topliss-reactive ketones (excluding diaryl/α,β-unsaturated/α-hetero) is 1. The van der Waals surface area contributed by atoms with Gasteiger partial charge in [-0.15, -0.1) is 0 Å². The average Bonchev–Trinajstić information content (AvgIpc) is 3.55. The highest BCUT2D eigenvalue weighted by Crippen LogP contribution is 2.42. The molecule has 1 fully saturated rings. The van der Waals surface area contributed by atoms with E-state index in [-0.39, 0.29) is 24.7 Å². The van der Waals surface area contributed by atoms with Gasteiger partial charge in [0.1, 0.15) is 23.3 Å². The number of fused-ring (bicyclic) bond motifs is 1. The lowest BCUT2D eigenvalue weighted by Gasteiger charge is -2.24. The molecule has 0 spiro atoms. The smallest absolute Gasteiger partial charge is 0.296 e. The summed E-state index contributed by atoms with van der Waals surface area (Å²) in [5, 5.41) is 11.1. The zero-order chi connectivity index (χ0) is 22.2. The molecule has 2 aliphatic heterocycles. The Labute approximate surface area is 183 Å². The van der Waals surface area contributed by atoms with Crippen LogP contribution in [0.4, 0.5) is 0 Å². The Hall–Kier alpha value is -4.20. The van der Waals surface area contributed by atoms with Crippen LogP contribution >= 0.6 is 0 Å². The number of ketones is 1. The zero-order valence-electron chi connectivity index (χ0n) is 17.1. The molecule has 5 rings (SSSR count). The number of nitrogens with zero attached hydrogens (tertiary/aromatic N) is 1. The number of benzene rings is 2. The van der Waals surface area contributed by atoms with Gasteiger partial charge in [-0.1, -0.05) is 18.2 Å². The Balaban J connectivity index is 1.61. The molecular formula is C24H19NO7. The van der Waals surface area contributed by atoms with Crippen LogP contribution in [-0.4, -0.2) is 35.6 Å². The normalized spacial score (nSPS) is 18.9. The third-order valence-electron chi connectivity index (χ3n) is 5.53. The number of rotatable bonds is 5. The average molecular weight is 433 g/mol. The van der Waals surface area contributed by atoms with Crippen molar-refractivity contribution >= 4 is 17.4 Å². The summed E-state index contributed by atoms with van der Waals surface area (Å²) in [4.78, 5) is 27.5. The van der Waals surface area contributed by atoms with Crippen LogP contribution < -0.4 is 14.2 Å². The van der Waals surface area contributed by atoms with E-state index in [9.17, 15) is 14.7 Å². The lowest BCUT2D eigenvalue weighted by Crippen LogP contribution is -2.29. The van der Waals surface area contributed by atoms with Gasteiger partial charge in [0, 0.05) is 11.1 Å². The molecule has 162 valence electrons. The number of aliphatic hydroxyl groups excluding tert-OH is 1. The number of carbonyl (C=O) groups excluding carboxylic acids is 2. The van der Waals surface area contributed by atoms with Crippen molar-refractivity contribution in [3.05, 3.63) is 83.3 Å². The molecule has 3 heterocycles. The van der Waals surface area contributed by atoms with Crippen LogP contribution in [-0.2, 0) is 16.1 Å². The number of para-hydroxylation sites is 1. The van der Waals surface area contributed by atoms with Crippen molar-refractivity contribution in [3.63, 3.8) is 0 Å². The van der Waals surface area contributed by atoms with Crippen molar-refractivity contribution in [2.24, 2.45) is 0 Å². The predicted molar refractivity (Wildman–Crippen MR) is 112 cm³/mol.